The fraction of sp³-hybridized carbons (Fsp3) is 0.400. The Morgan fingerprint density at radius 3 is 2.12 bits per heavy atom. The first-order valence-corrected chi connectivity index (χ1v) is 11.1. The van der Waals surface area contributed by atoms with Gasteiger partial charge in [0.05, 0.1) is 0 Å². The second kappa shape index (κ2) is 9.02. The van der Waals surface area contributed by atoms with Crippen LogP contribution >= 0.6 is 0 Å². The highest BCUT2D eigenvalue weighted by Gasteiger charge is 2.42. The van der Waals surface area contributed by atoms with E-state index in [9.17, 15) is 14.4 Å². The largest absolute Gasteiger partial charge is 0.480 e. The second-order valence-electron chi connectivity index (χ2n) is 8.63. The number of fused-ring (bicyclic) bond motifs is 3. The van der Waals surface area contributed by atoms with Crippen LogP contribution in [0.5, 0.6) is 0 Å². The number of amides is 2. The van der Waals surface area contributed by atoms with Gasteiger partial charge in [0.25, 0.3) is 0 Å². The number of benzene rings is 2. The van der Waals surface area contributed by atoms with Crippen molar-refractivity contribution in [2.45, 2.75) is 56.5 Å². The van der Waals surface area contributed by atoms with Gasteiger partial charge in [-0.15, -0.1) is 0 Å². The minimum absolute atomic E-state index is 0.0729. The Balaban J connectivity index is 1.46. The van der Waals surface area contributed by atoms with Gasteiger partial charge in [-0.25, -0.2) is 4.79 Å². The van der Waals surface area contributed by atoms with E-state index in [2.05, 4.69) is 22.8 Å². The third kappa shape index (κ3) is 4.20. The predicted molar refractivity (Wildman–Crippen MR) is 119 cm³/mol. The topological polar surface area (TPSA) is 105 Å². The number of carboxylic acids is 1. The van der Waals surface area contributed by atoms with Gasteiger partial charge in [0, 0.05) is 5.92 Å². The number of aliphatic carboxylic acids is 1. The van der Waals surface area contributed by atoms with E-state index in [0.717, 1.165) is 41.5 Å². The molecule has 2 aliphatic rings. The normalized spacial score (nSPS) is 17.5. The monoisotopic (exact) mass is 436 g/mol. The molecule has 4 rings (SSSR count). The van der Waals surface area contributed by atoms with Gasteiger partial charge >= 0.3 is 12.1 Å². The lowest BCUT2D eigenvalue weighted by molar-refractivity contribution is -0.142. The maximum Gasteiger partial charge on any atom is 0.408 e. The number of carbonyl (C=O) groups excluding carboxylic acids is 2. The fourth-order valence-electron chi connectivity index (χ4n) is 4.79. The maximum atomic E-state index is 12.9. The highest BCUT2D eigenvalue weighted by molar-refractivity contribution is 5.92. The number of hydrogen-bond donors (Lipinski definition) is 3. The van der Waals surface area contributed by atoms with Crippen molar-refractivity contribution in [3.63, 3.8) is 0 Å². The van der Waals surface area contributed by atoms with Gasteiger partial charge in [-0.3, -0.25) is 9.59 Å². The van der Waals surface area contributed by atoms with Crippen LogP contribution in [0.25, 0.3) is 11.1 Å². The van der Waals surface area contributed by atoms with Crippen LogP contribution in [0.15, 0.2) is 48.5 Å². The lowest BCUT2D eigenvalue weighted by atomic mass is 9.81. The predicted octanol–water partition coefficient (Wildman–Crippen LogP) is 3.82. The Kier molecular flexibility index (Phi) is 6.17. The molecule has 1 atom stereocenters. The molecule has 1 unspecified atom stereocenters. The molecule has 7 heteroatoms. The molecule has 2 aliphatic carbocycles. The van der Waals surface area contributed by atoms with Crippen LogP contribution in [0.2, 0.25) is 0 Å². The van der Waals surface area contributed by atoms with Crippen molar-refractivity contribution in [2.24, 2.45) is 0 Å². The van der Waals surface area contributed by atoms with E-state index in [1.54, 1.807) is 0 Å². The van der Waals surface area contributed by atoms with E-state index < -0.39 is 29.6 Å². The van der Waals surface area contributed by atoms with Crippen LogP contribution in [0, 0.1) is 0 Å². The molecule has 2 aromatic carbocycles. The van der Waals surface area contributed by atoms with E-state index in [0.29, 0.717) is 12.8 Å². The molecular weight excluding hydrogens is 408 g/mol. The van der Waals surface area contributed by atoms with Gasteiger partial charge in [0.15, 0.2) is 0 Å². The molecule has 0 spiro atoms. The number of rotatable bonds is 6. The molecule has 0 bridgehead atoms. The molecule has 1 saturated carbocycles. The highest BCUT2D eigenvalue weighted by Crippen LogP contribution is 2.44. The lowest BCUT2D eigenvalue weighted by Gasteiger charge is -2.36. The smallest absolute Gasteiger partial charge is 0.408 e. The molecule has 2 amide bonds. The van der Waals surface area contributed by atoms with Crippen molar-refractivity contribution in [1.29, 1.82) is 0 Å². The third-order valence-electron chi connectivity index (χ3n) is 6.54. The molecule has 2 aromatic rings. The summed E-state index contributed by atoms with van der Waals surface area (Å²) in [7, 11) is 0. The van der Waals surface area contributed by atoms with Gasteiger partial charge in [-0.1, -0.05) is 67.8 Å². The minimum Gasteiger partial charge on any atom is -0.480 e. The zero-order valence-electron chi connectivity index (χ0n) is 18.1. The first-order chi connectivity index (χ1) is 15.4. The van der Waals surface area contributed by atoms with Crippen molar-refractivity contribution in [2.75, 3.05) is 6.61 Å². The summed E-state index contributed by atoms with van der Waals surface area (Å²) < 4.78 is 5.62. The summed E-state index contributed by atoms with van der Waals surface area (Å²) in [5, 5.41) is 14.4. The molecule has 168 valence electrons. The Morgan fingerprint density at radius 2 is 1.56 bits per heavy atom. The van der Waals surface area contributed by atoms with E-state index in [4.69, 9.17) is 9.84 Å². The lowest BCUT2D eigenvalue weighted by Crippen LogP contribution is -2.61. The second-order valence-corrected chi connectivity index (χ2v) is 8.63. The van der Waals surface area contributed by atoms with E-state index in [1.165, 1.54) is 6.92 Å². The van der Waals surface area contributed by atoms with Crippen LogP contribution < -0.4 is 10.6 Å². The van der Waals surface area contributed by atoms with Gasteiger partial charge in [0.1, 0.15) is 18.2 Å². The zero-order valence-corrected chi connectivity index (χ0v) is 18.1. The van der Waals surface area contributed by atoms with E-state index in [-0.39, 0.29) is 12.5 Å². The summed E-state index contributed by atoms with van der Waals surface area (Å²) >= 11 is 0. The number of carboxylic acid groups (broad SMARTS) is 1. The molecule has 0 aliphatic heterocycles. The summed E-state index contributed by atoms with van der Waals surface area (Å²) in [5.74, 6) is -1.66. The third-order valence-corrected chi connectivity index (χ3v) is 6.54. The van der Waals surface area contributed by atoms with Crippen molar-refractivity contribution in [3.8, 4) is 11.1 Å². The number of ether oxygens (including phenoxy) is 1. The molecule has 0 radical (unpaired) electrons. The number of alkyl carbamates (subject to hydrolysis) is 1. The summed E-state index contributed by atoms with van der Waals surface area (Å²) in [6, 6.07) is 15.1. The number of nitrogens with one attached hydrogen (secondary N) is 2. The number of carbonyl (C=O) groups is 3. The quantitative estimate of drug-likeness (QED) is 0.639. The molecule has 32 heavy (non-hydrogen) atoms. The van der Waals surface area contributed by atoms with Gasteiger partial charge in [-0.05, 0) is 42.0 Å². The van der Waals surface area contributed by atoms with Crippen LogP contribution in [-0.4, -0.2) is 41.3 Å². The SMILES string of the molecule is CC(NC(=O)C1(NC(=O)OCC2c3ccccc3-c3ccccc32)CCCCC1)C(=O)O. The fourth-order valence-corrected chi connectivity index (χ4v) is 4.79. The molecule has 1 fully saturated rings. The average Bonchev–Trinajstić information content (AvgIpc) is 3.12. The molecule has 7 nitrogen and oxygen atoms in total. The standard InChI is InChI=1S/C25H28N2O5/c1-16(22(28)29)26-23(30)25(13-7-2-8-14-25)27-24(31)32-15-21-19-11-5-3-9-17(19)18-10-4-6-12-20(18)21/h3-6,9-12,16,21H,2,7-8,13-15H2,1H3,(H,26,30)(H,27,31)(H,28,29). The Morgan fingerprint density at radius 1 is 1.00 bits per heavy atom. The average molecular weight is 437 g/mol. The molecule has 0 aromatic heterocycles. The molecular formula is C25H28N2O5. The summed E-state index contributed by atoms with van der Waals surface area (Å²) in [6.45, 7) is 1.56. The molecule has 0 saturated heterocycles. The molecule has 0 heterocycles. The van der Waals surface area contributed by atoms with Crippen molar-refractivity contribution in [3.05, 3.63) is 59.7 Å². The first-order valence-electron chi connectivity index (χ1n) is 11.1. The van der Waals surface area contributed by atoms with Crippen molar-refractivity contribution >= 4 is 18.0 Å². The Bertz CT molecular complexity index is 983. The van der Waals surface area contributed by atoms with Crippen LogP contribution in [0.4, 0.5) is 4.79 Å². The number of hydrogen-bond acceptors (Lipinski definition) is 4. The first kappa shape index (κ1) is 21.9. The Labute approximate surface area is 187 Å². The van der Waals surface area contributed by atoms with Gasteiger partial charge in [-0.2, -0.15) is 0 Å². The van der Waals surface area contributed by atoms with Crippen molar-refractivity contribution in [1.82, 2.24) is 10.6 Å². The van der Waals surface area contributed by atoms with Crippen LogP contribution in [0.1, 0.15) is 56.1 Å². The molecule has 3 N–H and O–H groups in total. The summed E-state index contributed by atoms with van der Waals surface area (Å²) in [4.78, 5) is 36.9. The van der Waals surface area contributed by atoms with E-state index >= 15 is 0 Å². The summed E-state index contributed by atoms with van der Waals surface area (Å²) in [6.07, 6.45) is 2.77. The Hall–Kier alpha value is -3.35. The van der Waals surface area contributed by atoms with Gasteiger partial charge < -0.3 is 20.5 Å². The minimum atomic E-state index is -1.15. The summed E-state index contributed by atoms with van der Waals surface area (Å²) in [5.41, 5.74) is 3.36. The highest BCUT2D eigenvalue weighted by atomic mass is 16.5. The van der Waals surface area contributed by atoms with E-state index in [1.807, 2.05) is 36.4 Å². The zero-order chi connectivity index (χ0) is 22.7. The van der Waals surface area contributed by atoms with Crippen molar-refractivity contribution < 1.29 is 24.2 Å². The maximum absolute atomic E-state index is 12.9. The van der Waals surface area contributed by atoms with Crippen LogP contribution in [0.3, 0.4) is 0 Å². The van der Waals surface area contributed by atoms with Crippen LogP contribution in [-0.2, 0) is 14.3 Å². The van der Waals surface area contributed by atoms with Gasteiger partial charge in [0.2, 0.25) is 5.91 Å².